The molecule has 9 nitrogen and oxygen atoms in total. The van der Waals surface area contributed by atoms with Crippen LogP contribution in [0.25, 0.3) is 21.3 Å². The van der Waals surface area contributed by atoms with Gasteiger partial charge in [0.15, 0.2) is 5.69 Å². The summed E-state index contributed by atoms with van der Waals surface area (Å²) in [6.45, 7) is 4.19. The van der Waals surface area contributed by atoms with Crippen LogP contribution >= 0.6 is 11.3 Å². The van der Waals surface area contributed by atoms with Gasteiger partial charge in [0.1, 0.15) is 15.4 Å². The summed E-state index contributed by atoms with van der Waals surface area (Å²) >= 11 is 0.845. The summed E-state index contributed by atoms with van der Waals surface area (Å²) in [4.78, 5) is 29.2. The standard InChI is InChI=1S/C20H19F2N7O2S/c1-4-29-6-5-12(27-29)19(31)25-15-14-10(11-8-28(3)26-9(11)2)7-13(17(21)22)24-20(14)32-16(15)18(23)30/h5-8,17H,4H2,1-3H3,(H2,23,30)(H,25,31). The van der Waals surface area contributed by atoms with E-state index in [2.05, 4.69) is 20.5 Å². The SMILES string of the molecule is CCn1ccc(C(=O)Nc2c(C(N)=O)sc3nc(C(F)F)cc(-c4cn(C)nc4C)c23)n1. The molecule has 0 bridgehead atoms. The Morgan fingerprint density at radius 2 is 2.03 bits per heavy atom. The first-order valence-corrected chi connectivity index (χ1v) is 10.4. The van der Waals surface area contributed by atoms with E-state index < -0.39 is 23.9 Å². The number of pyridine rings is 1. The van der Waals surface area contributed by atoms with Gasteiger partial charge in [-0.3, -0.25) is 19.0 Å². The zero-order chi connectivity index (χ0) is 23.2. The number of anilines is 1. The van der Waals surface area contributed by atoms with Crippen molar-refractivity contribution in [2.75, 3.05) is 5.32 Å². The van der Waals surface area contributed by atoms with Crippen molar-refractivity contribution in [1.82, 2.24) is 24.5 Å². The normalized spacial score (nSPS) is 11.4. The van der Waals surface area contributed by atoms with Crippen molar-refractivity contribution in [2.45, 2.75) is 26.8 Å². The monoisotopic (exact) mass is 459 g/mol. The van der Waals surface area contributed by atoms with Crippen LogP contribution in [0.3, 0.4) is 0 Å². The summed E-state index contributed by atoms with van der Waals surface area (Å²) in [5.74, 6) is -1.37. The van der Waals surface area contributed by atoms with Gasteiger partial charge in [-0.15, -0.1) is 11.3 Å². The number of halogens is 2. The number of thiophene rings is 1. The van der Waals surface area contributed by atoms with E-state index in [1.165, 1.54) is 12.1 Å². The highest BCUT2D eigenvalue weighted by atomic mass is 32.1. The van der Waals surface area contributed by atoms with Crippen LogP contribution in [0.2, 0.25) is 0 Å². The minimum absolute atomic E-state index is 0.00461. The first-order chi connectivity index (χ1) is 15.2. The van der Waals surface area contributed by atoms with Crippen molar-refractivity contribution in [3.63, 3.8) is 0 Å². The molecule has 166 valence electrons. The lowest BCUT2D eigenvalue weighted by Crippen LogP contribution is -2.17. The van der Waals surface area contributed by atoms with Gasteiger partial charge in [0.05, 0.1) is 11.4 Å². The average molecular weight is 459 g/mol. The lowest BCUT2D eigenvalue weighted by Gasteiger charge is -2.10. The second-order valence-electron chi connectivity index (χ2n) is 7.06. The lowest BCUT2D eigenvalue weighted by molar-refractivity contribution is 0.100. The maximum absolute atomic E-state index is 13.6. The van der Waals surface area contributed by atoms with E-state index in [0.29, 0.717) is 28.8 Å². The molecule has 0 aliphatic rings. The Kier molecular flexibility index (Phi) is 5.46. The van der Waals surface area contributed by atoms with Gasteiger partial charge in [0, 0.05) is 36.9 Å². The van der Waals surface area contributed by atoms with E-state index in [4.69, 9.17) is 5.73 Å². The van der Waals surface area contributed by atoms with Gasteiger partial charge in [0.2, 0.25) is 0 Å². The number of carbonyl (C=O) groups excluding carboxylic acids is 2. The summed E-state index contributed by atoms with van der Waals surface area (Å²) in [6, 6.07) is 2.78. The predicted molar refractivity (Wildman–Crippen MR) is 116 cm³/mol. The summed E-state index contributed by atoms with van der Waals surface area (Å²) in [6.07, 6.45) is 0.497. The van der Waals surface area contributed by atoms with Gasteiger partial charge in [-0.05, 0) is 31.5 Å². The zero-order valence-electron chi connectivity index (χ0n) is 17.4. The number of hydrogen-bond donors (Lipinski definition) is 2. The zero-order valence-corrected chi connectivity index (χ0v) is 18.2. The number of alkyl halides is 2. The second kappa shape index (κ2) is 8.11. The molecule has 0 unspecified atom stereocenters. The summed E-state index contributed by atoms with van der Waals surface area (Å²) in [7, 11) is 1.71. The molecule has 0 aliphatic heterocycles. The highest BCUT2D eigenvalue weighted by Gasteiger charge is 2.26. The van der Waals surface area contributed by atoms with Gasteiger partial charge in [-0.25, -0.2) is 13.8 Å². The maximum Gasteiger partial charge on any atom is 0.280 e. The molecule has 4 heterocycles. The van der Waals surface area contributed by atoms with Crippen LogP contribution in [-0.4, -0.2) is 36.4 Å². The number of rotatable bonds is 6. The quantitative estimate of drug-likeness (QED) is 0.457. The number of primary amides is 1. The Bertz CT molecular complexity index is 1360. The number of aromatic nitrogens is 5. The molecular weight excluding hydrogens is 440 g/mol. The molecule has 0 fully saturated rings. The average Bonchev–Trinajstić information content (AvgIpc) is 3.44. The van der Waals surface area contributed by atoms with Gasteiger partial charge < -0.3 is 11.1 Å². The van der Waals surface area contributed by atoms with Crippen molar-refractivity contribution < 1.29 is 18.4 Å². The number of hydrogen-bond acceptors (Lipinski definition) is 6. The fourth-order valence-electron chi connectivity index (χ4n) is 3.43. The maximum atomic E-state index is 13.6. The Labute approximate surface area is 184 Å². The molecule has 32 heavy (non-hydrogen) atoms. The molecule has 12 heteroatoms. The van der Waals surface area contributed by atoms with E-state index in [0.717, 1.165) is 11.3 Å². The molecule has 0 spiro atoms. The molecule has 0 aliphatic carbocycles. The molecule has 3 N–H and O–H groups in total. The van der Waals surface area contributed by atoms with Crippen molar-refractivity contribution >= 4 is 39.1 Å². The summed E-state index contributed by atoms with van der Waals surface area (Å²) in [5.41, 5.74) is 6.87. The number of nitrogens with one attached hydrogen (secondary N) is 1. The largest absolute Gasteiger partial charge is 0.365 e. The van der Waals surface area contributed by atoms with E-state index in [9.17, 15) is 18.4 Å². The van der Waals surface area contributed by atoms with Gasteiger partial charge in [0.25, 0.3) is 18.2 Å². The van der Waals surface area contributed by atoms with E-state index in [-0.39, 0.29) is 21.1 Å². The Hall–Kier alpha value is -3.67. The highest BCUT2D eigenvalue weighted by Crippen LogP contribution is 2.43. The first-order valence-electron chi connectivity index (χ1n) is 9.60. The highest BCUT2D eigenvalue weighted by molar-refractivity contribution is 7.21. The number of amides is 2. The molecule has 0 saturated heterocycles. The molecule has 4 rings (SSSR count). The third-order valence-corrected chi connectivity index (χ3v) is 5.97. The van der Waals surface area contributed by atoms with Crippen LogP contribution in [0.5, 0.6) is 0 Å². The summed E-state index contributed by atoms with van der Waals surface area (Å²) < 4.78 is 30.3. The van der Waals surface area contributed by atoms with Crippen LogP contribution in [0.1, 0.15) is 44.9 Å². The van der Waals surface area contributed by atoms with Crippen LogP contribution in [0, 0.1) is 6.92 Å². The molecule has 2 amide bonds. The summed E-state index contributed by atoms with van der Waals surface area (Å²) in [5, 5.41) is 11.5. The Morgan fingerprint density at radius 3 is 2.59 bits per heavy atom. The molecule has 0 aromatic carbocycles. The lowest BCUT2D eigenvalue weighted by atomic mass is 10.0. The van der Waals surface area contributed by atoms with Crippen LogP contribution in [-0.2, 0) is 13.6 Å². The number of fused-ring (bicyclic) bond motifs is 1. The van der Waals surface area contributed by atoms with Crippen molar-refractivity contribution in [2.24, 2.45) is 12.8 Å². The third-order valence-electron chi connectivity index (χ3n) is 4.87. The van der Waals surface area contributed by atoms with Crippen molar-refractivity contribution in [3.8, 4) is 11.1 Å². The van der Waals surface area contributed by atoms with Crippen LogP contribution < -0.4 is 11.1 Å². The predicted octanol–water partition coefficient (Wildman–Crippen LogP) is 3.51. The molecule has 4 aromatic rings. The minimum Gasteiger partial charge on any atom is -0.365 e. The third kappa shape index (κ3) is 3.73. The smallest absolute Gasteiger partial charge is 0.280 e. The number of nitrogens with two attached hydrogens (primary N) is 1. The molecular formula is C20H19F2N7O2S. The Balaban J connectivity index is 1.96. The fourth-order valence-corrected chi connectivity index (χ4v) is 4.45. The van der Waals surface area contributed by atoms with Gasteiger partial charge >= 0.3 is 0 Å². The first kappa shape index (κ1) is 21.6. The minimum atomic E-state index is -2.83. The fraction of sp³-hybridized carbons (Fsp3) is 0.250. The van der Waals surface area contributed by atoms with Gasteiger partial charge in [-0.2, -0.15) is 10.2 Å². The molecule has 4 aromatic heterocycles. The van der Waals surface area contributed by atoms with Crippen LogP contribution in [0.15, 0.2) is 24.5 Å². The van der Waals surface area contributed by atoms with E-state index >= 15 is 0 Å². The Morgan fingerprint density at radius 1 is 1.28 bits per heavy atom. The molecule has 0 saturated carbocycles. The number of nitrogens with zero attached hydrogens (tertiary/aromatic N) is 5. The topological polar surface area (TPSA) is 121 Å². The van der Waals surface area contributed by atoms with Gasteiger partial charge in [-0.1, -0.05) is 0 Å². The van der Waals surface area contributed by atoms with Crippen LogP contribution in [0.4, 0.5) is 14.5 Å². The van der Waals surface area contributed by atoms with Crippen molar-refractivity contribution in [3.05, 3.63) is 46.5 Å². The number of aryl methyl sites for hydroxylation is 3. The number of carbonyl (C=O) groups is 2. The van der Waals surface area contributed by atoms with E-state index in [1.54, 1.807) is 35.7 Å². The van der Waals surface area contributed by atoms with E-state index in [1.807, 2.05) is 6.92 Å². The molecule has 0 atom stereocenters. The second-order valence-corrected chi connectivity index (χ2v) is 8.06. The van der Waals surface area contributed by atoms with Crippen molar-refractivity contribution in [1.29, 1.82) is 0 Å². The molecule has 0 radical (unpaired) electrons.